The summed E-state index contributed by atoms with van der Waals surface area (Å²) in [6.45, 7) is 2.19. The van der Waals surface area contributed by atoms with Crippen molar-refractivity contribution in [2.24, 2.45) is 5.92 Å². The molecule has 3 N–H and O–H groups in total. The summed E-state index contributed by atoms with van der Waals surface area (Å²) in [5.41, 5.74) is 6.98. The number of alkyl halides is 1. The molecule has 8 nitrogen and oxygen atoms in total. The van der Waals surface area contributed by atoms with Crippen LogP contribution in [0.2, 0.25) is 0 Å². The van der Waals surface area contributed by atoms with E-state index in [0.29, 0.717) is 16.8 Å². The van der Waals surface area contributed by atoms with Gasteiger partial charge in [-0.3, -0.25) is 14.4 Å². The first-order valence-electron chi connectivity index (χ1n) is 17.0. The van der Waals surface area contributed by atoms with E-state index in [-0.39, 0.29) is 31.1 Å². The fourth-order valence-electron chi connectivity index (χ4n) is 6.72. The number of hydrogen-bond donors (Lipinski definition) is 3. The third-order valence-corrected chi connectivity index (χ3v) is 9.62. The summed E-state index contributed by atoms with van der Waals surface area (Å²) in [4.78, 5) is 45.2. The van der Waals surface area contributed by atoms with Gasteiger partial charge in [0, 0.05) is 24.0 Å². The van der Waals surface area contributed by atoms with E-state index < -0.39 is 48.3 Å². The number of pyridine rings is 1. The third-order valence-electron chi connectivity index (χ3n) is 9.62. The molecule has 3 amide bonds. The Balaban J connectivity index is 0.00000432. The quantitative estimate of drug-likeness (QED) is 0.179. The summed E-state index contributed by atoms with van der Waals surface area (Å²) < 4.78 is 28.3. The lowest BCUT2D eigenvalue weighted by Gasteiger charge is -2.26. The molecule has 2 fully saturated rings. The molecule has 7 rings (SSSR count). The molecule has 3 aliphatic rings. The SMILES string of the molecule is C[C@H](NC(=O)[C@@H]1C[C@@H](F)CN1C(=O)CNC(=O)c1ccc2cc(F)ccc2n1)c1cc(-c2ccc3c(c2)NCCC3)ccc1/C=C/C1CC1.Cl. The molecule has 4 aromatic rings. The van der Waals surface area contributed by atoms with Crippen LogP contribution in [-0.4, -0.2) is 59.5 Å². The molecule has 1 aromatic heterocycles. The van der Waals surface area contributed by atoms with E-state index in [1.54, 1.807) is 6.07 Å². The minimum Gasteiger partial charge on any atom is -0.385 e. The average molecular weight is 700 g/mol. The number of nitrogens with zero attached hydrogens (tertiary/aromatic N) is 2. The van der Waals surface area contributed by atoms with Gasteiger partial charge < -0.3 is 20.9 Å². The van der Waals surface area contributed by atoms with Crippen molar-refractivity contribution in [2.75, 3.05) is 25.0 Å². The maximum absolute atomic E-state index is 14.7. The lowest BCUT2D eigenvalue weighted by molar-refractivity contribution is -0.138. The van der Waals surface area contributed by atoms with Crippen molar-refractivity contribution in [3.8, 4) is 11.1 Å². The van der Waals surface area contributed by atoms with Gasteiger partial charge in [-0.05, 0) is 103 Å². The van der Waals surface area contributed by atoms with E-state index in [4.69, 9.17) is 0 Å². The predicted octanol–water partition coefficient (Wildman–Crippen LogP) is 6.79. The number of halogens is 3. The summed E-state index contributed by atoms with van der Waals surface area (Å²) >= 11 is 0. The van der Waals surface area contributed by atoms with Crippen LogP contribution in [0.5, 0.6) is 0 Å². The number of carbonyl (C=O) groups is 3. The number of rotatable bonds is 9. The molecule has 0 radical (unpaired) electrons. The zero-order valence-electron chi connectivity index (χ0n) is 27.8. The monoisotopic (exact) mass is 699 g/mol. The maximum atomic E-state index is 14.7. The van der Waals surface area contributed by atoms with Crippen molar-refractivity contribution in [3.05, 3.63) is 101 Å². The van der Waals surface area contributed by atoms with E-state index in [2.05, 4.69) is 69.5 Å². The molecular weight excluding hydrogens is 660 g/mol. The Morgan fingerprint density at radius 2 is 1.84 bits per heavy atom. The number of fused-ring (bicyclic) bond motifs is 2. The van der Waals surface area contributed by atoms with Crippen LogP contribution >= 0.6 is 12.4 Å². The Bertz CT molecular complexity index is 1970. The molecule has 0 spiro atoms. The van der Waals surface area contributed by atoms with E-state index >= 15 is 0 Å². The van der Waals surface area contributed by atoms with Crippen LogP contribution < -0.4 is 16.0 Å². The molecule has 1 saturated heterocycles. The Kier molecular flexibility index (Phi) is 10.5. The first kappa shape index (κ1) is 35.0. The van der Waals surface area contributed by atoms with E-state index in [0.717, 1.165) is 47.3 Å². The Morgan fingerprint density at radius 3 is 2.66 bits per heavy atom. The number of amides is 3. The van der Waals surface area contributed by atoms with Crippen LogP contribution in [0.1, 0.15) is 65.8 Å². The van der Waals surface area contributed by atoms with Crippen LogP contribution in [0.25, 0.3) is 28.1 Å². The van der Waals surface area contributed by atoms with Gasteiger partial charge in [-0.2, -0.15) is 0 Å². The topological polar surface area (TPSA) is 103 Å². The zero-order chi connectivity index (χ0) is 34.1. The second kappa shape index (κ2) is 15.0. The number of hydrogen-bond acceptors (Lipinski definition) is 5. The van der Waals surface area contributed by atoms with Crippen LogP contribution in [0.4, 0.5) is 14.5 Å². The van der Waals surface area contributed by atoms with Gasteiger partial charge >= 0.3 is 0 Å². The first-order valence-corrected chi connectivity index (χ1v) is 17.0. The Hall–Kier alpha value is -4.83. The molecule has 3 atom stereocenters. The fourth-order valence-corrected chi connectivity index (χ4v) is 6.72. The van der Waals surface area contributed by atoms with Gasteiger partial charge in [0.05, 0.1) is 24.6 Å². The highest BCUT2D eigenvalue weighted by Crippen LogP contribution is 2.34. The molecular formula is C39H40ClF2N5O3. The van der Waals surface area contributed by atoms with Crippen LogP contribution in [0.3, 0.4) is 0 Å². The zero-order valence-corrected chi connectivity index (χ0v) is 28.6. The van der Waals surface area contributed by atoms with Crippen LogP contribution in [0, 0.1) is 11.7 Å². The summed E-state index contributed by atoms with van der Waals surface area (Å²) in [6, 6.07) is 18.4. The minimum absolute atomic E-state index is 0. The second-order valence-corrected chi connectivity index (χ2v) is 13.3. The third kappa shape index (κ3) is 7.81. The summed E-state index contributed by atoms with van der Waals surface area (Å²) in [5, 5.41) is 9.63. The number of nitrogens with one attached hydrogen (secondary N) is 3. The highest BCUT2D eigenvalue weighted by atomic mass is 35.5. The number of carbonyl (C=O) groups excluding carboxylic acids is 3. The normalized spacial score (nSPS) is 19.0. The minimum atomic E-state index is -1.37. The van der Waals surface area contributed by atoms with Crippen LogP contribution in [0.15, 0.2) is 72.8 Å². The molecule has 0 unspecified atom stereocenters. The van der Waals surface area contributed by atoms with Crippen LogP contribution in [-0.2, 0) is 16.0 Å². The van der Waals surface area contributed by atoms with Crippen molar-refractivity contribution in [2.45, 2.75) is 57.3 Å². The fraction of sp³-hybridized carbons (Fsp3) is 0.333. The van der Waals surface area contributed by atoms with Gasteiger partial charge in [0.15, 0.2) is 0 Å². The lowest BCUT2D eigenvalue weighted by atomic mass is 9.93. The molecule has 2 aliphatic heterocycles. The molecule has 0 bridgehead atoms. The van der Waals surface area contributed by atoms with Crippen molar-refractivity contribution in [1.82, 2.24) is 20.5 Å². The molecule has 11 heteroatoms. The average Bonchev–Trinajstić information content (AvgIpc) is 3.87. The van der Waals surface area contributed by atoms with Gasteiger partial charge in [-0.1, -0.05) is 42.5 Å². The van der Waals surface area contributed by atoms with E-state index in [1.165, 1.54) is 47.6 Å². The van der Waals surface area contributed by atoms with Gasteiger partial charge in [-0.15, -0.1) is 12.4 Å². The summed E-state index contributed by atoms with van der Waals surface area (Å²) in [7, 11) is 0. The maximum Gasteiger partial charge on any atom is 0.270 e. The lowest BCUT2D eigenvalue weighted by Crippen LogP contribution is -2.49. The highest BCUT2D eigenvalue weighted by molar-refractivity contribution is 5.97. The van der Waals surface area contributed by atoms with Gasteiger partial charge in [0.25, 0.3) is 5.91 Å². The van der Waals surface area contributed by atoms with Crippen molar-refractivity contribution < 1.29 is 23.2 Å². The number of likely N-dealkylation sites (tertiary alicyclic amines) is 1. The standard InChI is InChI=1S/C39H39F2N5O3.ClH/c1-23(32-18-27(10-8-25(32)7-6-24-4-5-24)28-11-9-26-3-2-16-42-35(26)19-28)44-39(49)36-20-31(41)22-46(36)37(47)21-43-38(48)34-14-12-29-17-30(40)13-15-33(29)45-34;/h6-15,17-19,23-24,31,36,42H,2-5,16,20-22H2,1H3,(H,43,48)(H,44,49);1H/b7-6+;/t23-,31+,36-;/m0./s1. The van der Waals surface area contributed by atoms with Crippen molar-refractivity contribution in [1.29, 1.82) is 0 Å². The Labute approximate surface area is 296 Å². The summed E-state index contributed by atoms with van der Waals surface area (Å²) in [6.07, 6.45) is 7.35. The van der Waals surface area contributed by atoms with E-state index in [1.807, 2.05) is 6.92 Å². The Morgan fingerprint density at radius 1 is 1.04 bits per heavy atom. The molecule has 260 valence electrons. The van der Waals surface area contributed by atoms with Gasteiger partial charge in [-0.25, -0.2) is 13.8 Å². The second-order valence-electron chi connectivity index (χ2n) is 13.3. The molecule has 3 aromatic carbocycles. The first-order chi connectivity index (χ1) is 23.7. The number of aryl methyl sites for hydroxylation is 1. The molecule has 1 saturated carbocycles. The number of anilines is 1. The molecule has 50 heavy (non-hydrogen) atoms. The van der Waals surface area contributed by atoms with Gasteiger partial charge in [0.1, 0.15) is 23.7 Å². The molecule has 1 aliphatic carbocycles. The number of benzene rings is 3. The van der Waals surface area contributed by atoms with Crippen molar-refractivity contribution in [3.63, 3.8) is 0 Å². The largest absolute Gasteiger partial charge is 0.385 e. The van der Waals surface area contributed by atoms with Gasteiger partial charge in [0.2, 0.25) is 11.8 Å². The van der Waals surface area contributed by atoms with E-state index in [9.17, 15) is 23.2 Å². The number of aromatic nitrogens is 1. The number of allylic oxidation sites excluding steroid dienone is 1. The van der Waals surface area contributed by atoms with Crippen molar-refractivity contribution >= 4 is 52.8 Å². The smallest absolute Gasteiger partial charge is 0.270 e. The highest BCUT2D eigenvalue weighted by Gasteiger charge is 2.40. The predicted molar refractivity (Wildman–Crippen MR) is 193 cm³/mol. The molecule has 3 heterocycles. The summed E-state index contributed by atoms with van der Waals surface area (Å²) in [5.74, 6) is -1.46.